The summed E-state index contributed by atoms with van der Waals surface area (Å²) in [5, 5.41) is 15.0. The van der Waals surface area contributed by atoms with Gasteiger partial charge in [-0.25, -0.2) is 19.0 Å². The van der Waals surface area contributed by atoms with Gasteiger partial charge >= 0.3 is 12.0 Å². The van der Waals surface area contributed by atoms with E-state index in [1.165, 1.54) is 43.8 Å². The predicted molar refractivity (Wildman–Crippen MR) is 173 cm³/mol. The highest BCUT2D eigenvalue weighted by Gasteiger charge is 2.41. The molecule has 1 aromatic heterocycles. The normalized spacial score (nSPS) is 19.3. The number of ether oxygens (including phenoxy) is 2. The van der Waals surface area contributed by atoms with Crippen LogP contribution in [0.25, 0.3) is 0 Å². The molecule has 14 heteroatoms. The summed E-state index contributed by atoms with van der Waals surface area (Å²) in [5.41, 5.74) is 2.41. The van der Waals surface area contributed by atoms with E-state index in [4.69, 9.17) is 31.3 Å². The summed E-state index contributed by atoms with van der Waals surface area (Å²) in [5.74, 6) is 6.01. The molecule has 47 heavy (non-hydrogen) atoms. The Labute approximate surface area is 279 Å². The van der Waals surface area contributed by atoms with Gasteiger partial charge in [0.2, 0.25) is 0 Å². The van der Waals surface area contributed by atoms with Gasteiger partial charge in [-0.15, -0.1) is 11.3 Å². The lowest BCUT2D eigenvalue weighted by Gasteiger charge is -2.38. The number of fused-ring (bicyclic) bond motifs is 1. The second kappa shape index (κ2) is 13.8. The standard InChI is InChI=1S/C33H29ClFN7O4S/c1-45-27-14-20(16-36)5-6-21(27)4-3-10-41-18-23-17-40(11-12-42(23)33(41)44)19-26-28(32(43)46-2)29(24-8-7-22(35)15-25(24)34)39-30(38-26)31-37-9-13-47-31/h5-9,13-15,23,29H,10-12,17-19H2,1-2H3,(H,38,39). The number of nitriles is 1. The zero-order valence-corrected chi connectivity index (χ0v) is 27.1. The van der Waals surface area contributed by atoms with Gasteiger partial charge in [-0.3, -0.25) is 9.89 Å². The molecule has 3 aromatic rings. The number of amidine groups is 1. The molecule has 3 aliphatic rings. The van der Waals surface area contributed by atoms with Crippen molar-refractivity contribution in [2.45, 2.75) is 12.1 Å². The molecule has 4 heterocycles. The van der Waals surface area contributed by atoms with Gasteiger partial charge in [0.25, 0.3) is 0 Å². The number of aromatic nitrogens is 1. The number of carbonyl (C=O) groups excluding carboxylic acids is 2. The number of halogens is 2. The molecule has 2 unspecified atom stereocenters. The van der Waals surface area contributed by atoms with Crippen LogP contribution >= 0.6 is 22.9 Å². The average Bonchev–Trinajstić information content (AvgIpc) is 3.72. The molecule has 2 atom stereocenters. The Hall–Kier alpha value is -4.95. The Balaban J connectivity index is 1.21. The minimum atomic E-state index is -0.858. The minimum absolute atomic E-state index is 0.0785. The lowest BCUT2D eigenvalue weighted by atomic mass is 9.95. The van der Waals surface area contributed by atoms with Crippen LogP contribution in [0.5, 0.6) is 5.75 Å². The number of benzene rings is 2. The van der Waals surface area contributed by atoms with Crippen LogP contribution in [0.3, 0.4) is 0 Å². The summed E-state index contributed by atoms with van der Waals surface area (Å²) < 4.78 is 24.5. The van der Waals surface area contributed by atoms with Crippen molar-refractivity contribution in [2.75, 3.05) is 53.5 Å². The van der Waals surface area contributed by atoms with Crippen molar-refractivity contribution in [3.63, 3.8) is 0 Å². The second-order valence-electron chi connectivity index (χ2n) is 11.0. The molecular formula is C33H29ClFN7O4S. The Morgan fingerprint density at radius 1 is 1.21 bits per heavy atom. The number of esters is 1. The number of nitrogens with zero attached hydrogens (tertiary/aromatic N) is 6. The number of methoxy groups -OCH3 is 2. The maximum absolute atomic E-state index is 14.0. The molecule has 0 spiro atoms. The predicted octanol–water partition coefficient (Wildman–Crippen LogP) is 3.81. The van der Waals surface area contributed by atoms with Crippen LogP contribution in [0.1, 0.15) is 27.7 Å². The van der Waals surface area contributed by atoms with Crippen molar-refractivity contribution in [1.82, 2.24) is 25.0 Å². The van der Waals surface area contributed by atoms with Crippen molar-refractivity contribution >= 4 is 40.8 Å². The van der Waals surface area contributed by atoms with Crippen LogP contribution in [0.15, 0.2) is 64.2 Å². The molecule has 2 aromatic carbocycles. The third kappa shape index (κ3) is 6.65. The van der Waals surface area contributed by atoms with Crippen molar-refractivity contribution in [3.05, 3.63) is 91.8 Å². The number of carbonyl (C=O) groups is 2. The first kappa shape index (κ1) is 32.0. The van der Waals surface area contributed by atoms with Gasteiger partial charge in [-0.05, 0) is 30.3 Å². The van der Waals surface area contributed by atoms with Crippen LogP contribution in [-0.4, -0.2) is 97.0 Å². The molecule has 0 aliphatic carbocycles. The molecule has 240 valence electrons. The maximum Gasteiger partial charge on any atom is 0.338 e. The lowest BCUT2D eigenvalue weighted by molar-refractivity contribution is -0.136. The van der Waals surface area contributed by atoms with Crippen molar-refractivity contribution in [1.29, 1.82) is 5.26 Å². The molecule has 2 fully saturated rings. The van der Waals surface area contributed by atoms with Gasteiger partial charge in [0.1, 0.15) is 17.6 Å². The van der Waals surface area contributed by atoms with E-state index in [1.807, 2.05) is 10.3 Å². The molecule has 0 saturated carbocycles. The fraction of sp³-hybridized carbons (Fsp3) is 0.303. The van der Waals surface area contributed by atoms with E-state index in [1.54, 1.807) is 29.3 Å². The van der Waals surface area contributed by atoms with Gasteiger partial charge in [-0.2, -0.15) is 5.26 Å². The average molecular weight is 674 g/mol. The molecule has 2 amide bonds. The summed E-state index contributed by atoms with van der Waals surface area (Å²) >= 11 is 7.87. The van der Waals surface area contributed by atoms with E-state index in [0.29, 0.717) is 71.7 Å². The number of hydrogen-bond donors (Lipinski definition) is 1. The number of piperazine rings is 1. The molecule has 2 saturated heterocycles. The SMILES string of the molecule is COC(=O)C1=C(CN2CCN3C(=O)N(CC#Cc4ccc(C#N)cc4OC)CC3C2)NC(c2nccs2)=NC1c1ccc(F)cc1Cl. The Morgan fingerprint density at radius 3 is 2.79 bits per heavy atom. The Bertz CT molecular complexity index is 1880. The highest BCUT2D eigenvalue weighted by Crippen LogP contribution is 2.37. The molecule has 11 nitrogen and oxygen atoms in total. The van der Waals surface area contributed by atoms with Gasteiger partial charge in [0.15, 0.2) is 10.8 Å². The van der Waals surface area contributed by atoms with E-state index in [9.17, 15) is 14.0 Å². The van der Waals surface area contributed by atoms with E-state index < -0.39 is 17.8 Å². The van der Waals surface area contributed by atoms with Crippen LogP contribution in [0.4, 0.5) is 9.18 Å². The van der Waals surface area contributed by atoms with Crippen molar-refractivity contribution in [3.8, 4) is 23.7 Å². The van der Waals surface area contributed by atoms with Gasteiger partial charge in [0, 0.05) is 60.6 Å². The molecule has 0 radical (unpaired) electrons. The quantitative estimate of drug-likeness (QED) is 0.297. The number of nitrogens with one attached hydrogen (secondary N) is 1. The first-order valence-electron chi connectivity index (χ1n) is 14.7. The van der Waals surface area contributed by atoms with Gasteiger partial charge in [-0.1, -0.05) is 29.5 Å². The van der Waals surface area contributed by atoms with E-state index in [2.05, 4.69) is 33.1 Å². The topological polar surface area (TPSA) is 123 Å². The molecule has 6 rings (SSSR count). The summed E-state index contributed by atoms with van der Waals surface area (Å²) in [7, 11) is 2.82. The number of hydrogen-bond acceptors (Lipinski definition) is 10. The first-order chi connectivity index (χ1) is 22.8. The minimum Gasteiger partial charge on any atom is -0.495 e. The van der Waals surface area contributed by atoms with E-state index >= 15 is 0 Å². The fourth-order valence-corrected chi connectivity index (χ4v) is 6.76. The third-order valence-corrected chi connectivity index (χ3v) is 9.25. The largest absolute Gasteiger partial charge is 0.495 e. The van der Waals surface area contributed by atoms with Crippen LogP contribution in [-0.2, 0) is 9.53 Å². The number of amides is 2. The zero-order valence-electron chi connectivity index (χ0n) is 25.5. The fourth-order valence-electron chi connectivity index (χ4n) is 5.90. The molecule has 3 aliphatic heterocycles. The Morgan fingerprint density at radius 2 is 2.06 bits per heavy atom. The van der Waals surface area contributed by atoms with E-state index in [-0.39, 0.29) is 29.2 Å². The number of aliphatic imine (C=N–C) groups is 1. The number of urea groups is 1. The zero-order chi connectivity index (χ0) is 33.1. The summed E-state index contributed by atoms with van der Waals surface area (Å²) in [6.07, 6.45) is 1.66. The third-order valence-electron chi connectivity index (χ3n) is 8.14. The van der Waals surface area contributed by atoms with Crippen molar-refractivity contribution in [2.24, 2.45) is 4.99 Å². The number of thiazole rings is 1. The second-order valence-corrected chi connectivity index (χ2v) is 12.3. The maximum atomic E-state index is 14.0. The summed E-state index contributed by atoms with van der Waals surface area (Å²) in [6.45, 7) is 2.69. The number of rotatable bonds is 7. The molecule has 1 N–H and O–H groups in total. The van der Waals surface area contributed by atoms with Crippen LogP contribution in [0, 0.1) is 29.0 Å². The Kier molecular flexibility index (Phi) is 9.41. The van der Waals surface area contributed by atoms with Crippen LogP contribution < -0.4 is 10.1 Å². The first-order valence-corrected chi connectivity index (χ1v) is 15.9. The monoisotopic (exact) mass is 673 g/mol. The smallest absolute Gasteiger partial charge is 0.338 e. The van der Waals surface area contributed by atoms with Crippen molar-refractivity contribution < 1.29 is 23.5 Å². The highest BCUT2D eigenvalue weighted by atomic mass is 35.5. The van der Waals surface area contributed by atoms with Gasteiger partial charge in [0.05, 0.1) is 49.6 Å². The molecule has 0 bridgehead atoms. The summed E-state index contributed by atoms with van der Waals surface area (Å²) in [4.78, 5) is 41.5. The lowest BCUT2D eigenvalue weighted by Crippen LogP contribution is -2.53. The summed E-state index contributed by atoms with van der Waals surface area (Å²) in [6, 6.07) is 10.1. The van der Waals surface area contributed by atoms with Gasteiger partial charge < -0.3 is 24.6 Å². The molecular weight excluding hydrogens is 645 g/mol. The van der Waals surface area contributed by atoms with E-state index in [0.717, 1.165) is 0 Å². The van der Waals surface area contributed by atoms with Crippen LogP contribution in [0.2, 0.25) is 5.02 Å². The highest BCUT2D eigenvalue weighted by molar-refractivity contribution is 7.11.